The lowest BCUT2D eigenvalue weighted by atomic mass is 10.2. The zero-order valence-corrected chi connectivity index (χ0v) is 13.4. The first-order valence-corrected chi connectivity index (χ1v) is 8.00. The smallest absolute Gasteiger partial charge is 0.163 e. The first kappa shape index (κ1) is 15.8. The Kier molecular flexibility index (Phi) is 5.50. The second kappa shape index (κ2) is 7.99. The van der Waals surface area contributed by atoms with Crippen molar-refractivity contribution in [2.45, 2.75) is 25.9 Å². The van der Waals surface area contributed by atoms with Crippen molar-refractivity contribution in [3.8, 4) is 11.4 Å². The third kappa shape index (κ3) is 4.71. The highest BCUT2D eigenvalue weighted by atomic mass is 16.5. The molecule has 6 heteroatoms. The van der Waals surface area contributed by atoms with E-state index in [1.165, 1.54) is 0 Å². The van der Waals surface area contributed by atoms with Gasteiger partial charge in [0.1, 0.15) is 5.82 Å². The molecule has 0 aliphatic carbocycles. The van der Waals surface area contributed by atoms with Gasteiger partial charge >= 0.3 is 0 Å². The van der Waals surface area contributed by atoms with Gasteiger partial charge in [-0.05, 0) is 31.9 Å². The number of hydrogen-bond acceptors (Lipinski definition) is 6. The average Bonchev–Trinajstić information content (AvgIpc) is 3.08. The van der Waals surface area contributed by atoms with Crippen molar-refractivity contribution in [1.29, 1.82) is 0 Å². The highest BCUT2D eigenvalue weighted by Gasteiger charge is 2.14. The summed E-state index contributed by atoms with van der Waals surface area (Å²) >= 11 is 0. The molecule has 1 saturated heterocycles. The Labute approximate surface area is 136 Å². The minimum absolute atomic E-state index is 0.272. The molecule has 0 radical (unpaired) electrons. The summed E-state index contributed by atoms with van der Waals surface area (Å²) in [6.45, 7) is 4.83. The maximum absolute atomic E-state index is 5.64. The van der Waals surface area contributed by atoms with E-state index in [2.05, 4.69) is 20.3 Å². The number of nitrogens with zero attached hydrogens (tertiary/aromatic N) is 3. The monoisotopic (exact) mass is 314 g/mol. The van der Waals surface area contributed by atoms with E-state index >= 15 is 0 Å². The van der Waals surface area contributed by atoms with E-state index in [-0.39, 0.29) is 6.10 Å². The number of aryl methyl sites for hydroxylation is 1. The normalized spacial score (nSPS) is 17.3. The second-order valence-electron chi connectivity index (χ2n) is 5.60. The van der Waals surface area contributed by atoms with Crippen LogP contribution in [0.1, 0.15) is 18.5 Å². The van der Waals surface area contributed by atoms with E-state index in [0.29, 0.717) is 25.6 Å². The number of hydrogen-bond donors (Lipinski definition) is 1. The standard InChI is InChI=1S/C17H22N4O2/c1-13-10-16(19-7-9-22-12-15-5-3-8-23-15)21-17(20-13)14-4-2-6-18-11-14/h2,4,6,10-11,15H,3,5,7-9,12H2,1H3,(H,19,20,21). The van der Waals surface area contributed by atoms with Crippen LogP contribution in [0.4, 0.5) is 5.82 Å². The maximum Gasteiger partial charge on any atom is 0.163 e. The Morgan fingerprint density at radius 1 is 1.39 bits per heavy atom. The average molecular weight is 314 g/mol. The van der Waals surface area contributed by atoms with Crippen LogP contribution in [0.3, 0.4) is 0 Å². The third-order valence-corrected chi connectivity index (χ3v) is 3.65. The van der Waals surface area contributed by atoms with Crippen LogP contribution in [0, 0.1) is 6.92 Å². The Balaban J connectivity index is 1.50. The van der Waals surface area contributed by atoms with E-state index in [9.17, 15) is 0 Å². The quantitative estimate of drug-likeness (QED) is 0.792. The molecule has 1 unspecified atom stereocenters. The fourth-order valence-corrected chi connectivity index (χ4v) is 2.53. The van der Waals surface area contributed by atoms with E-state index in [4.69, 9.17) is 9.47 Å². The Bertz CT molecular complexity index is 615. The second-order valence-corrected chi connectivity index (χ2v) is 5.60. The largest absolute Gasteiger partial charge is 0.377 e. The van der Waals surface area contributed by atoms with Crippen LogP contribution in [-0.4, -0.2) is 47.4 Å². The van der Waals surface area contributed by atoms with Crippen molar-refractivity contribution in [2.24, 2.45) is 0 Å². The molecule has 1 N–H and O–H groups in total. The highest BCUT2D eigenvalue weighted by molar-refractivity contribution is 5.56. The Hall–Kier alpha value is -2.05. The summed E-state index contributed by atoms with van der Waals surface area (Å²) in [4.78, 5) is 13.1. The molecular weight excluding hydrogens is 292 g/mol. The van der Waals surface area contributed by atoms with E-state index < -0.39 is 0 Å². The summed E-state index contributed by atoms with van der Waals surface area (Å²) in [7, 11) is 0. The van der Waals surface area contributed by atoms with Crippen LogP contribution in [-0.2, 0) is 9.47 Å². The summed E-state index contributed by atoms with van der Waals surface area (Å²) < 4.78 is 11.2. The molecule has 2 aromatic heterocycles. The fourth-order valence-electron chi connectivity index (χ4n) is 2.53. The van der Waals surface area contributed by atoms with Crippen LogP contribution in [0.25, 0.3) is 11.4 Å². The van der Waals surface area contributed by atoms with Gasteiger partial charge in [0, 0.05) is 42.9 Å². The van der Waals surface area contributed by atoms with Crippen LogP contribution in [0.15, 0.2) is 30.6 Å². The lowest BCUT2D eigenvalue weighted by molar-refractivity contribution is 0.0206. The Morgan fingerprint density at radius 2 is 2.35 bits per heavy atom. The molecule has 1 fully saturated rings. The fraction of sp³-hybridized carbons (Fsp3) is 0.471. The van der Waals surface area contributed by atoms with Crippen molar-refractivity contribution >= 4 is 5.82 Å². The molecule has 1 aliphatic rings. The van der Waals surface area contributed by atoms with Crippen LogP contribution in [0.5, 0.6) is 0 Å². The minimum Gasteiger partial charge on any atom is -0.377 e. The molecular formula is C17H22N4O2. The van der Waals surface area contributed by atoms with Crippen molar-refractivity contribution < 1.29 is 9.47 Å². The molecule has 3 heterocycles. The first-order chi connectivity index (χ1) is 11.3. The van der Waals surface area contributed by atoms with E-state index in [0.717, 1.165) is 36.5 Å². The number of nitrogens with one attached hydrogen (secondary N) is 1. The van der Waals surface area contributed by atoms with Crippen LogP contribution < -0.4 is 5.32 Å². The molecule has 0 aromatic carbocycles. The van der Waals surface area contributed by atoms with Crippen molar-refractivity contribution in [3.05, 3.63) is 36.3 Å². The van der Waals surface area contributed by atoms with Gasteiger partial charge in [0.15, 0.2) is 5.82 Å². The lowest BCUT2D eigenvalue weighted by Gasteiger charge is -2.11. The molecule has 122 valence electrons. The summed E-state index contributed by atoms with van der Waals surface area (Å²) in [5.74, 6) is 1.48. The molecule has 3 rings (SSSR count). The summed E-state index contributed by atoms with van der Waals surface area (Å²) in [5.41, 5.74) is 1.83. The molecule has 2 aromatic rings. The van der Waals surface area contributed by atoms with Gasteiger partial charge in [-0.25, -0.2) is 9.97 Å². The van der Waals surface area contributed by atoms with Gasteiger partial charge in [0.25, 0.3) is 0 Å². The van der Waals surface area contributed by atoms with Gasteiger partial charge in [-0.15, -0.1) is 0 Å². The van der Waals surface area contributed by atoms with Gasteiger partial charge in [-0.3, -0.25) is 4.98 Å². The summed E-state index contributed by atoms with van der Waals surface area (Å²) in [6.07, 6.45) is 6.03. The predicted molar refractivity (Wildman–Crippen MR) is 88.3 cm³/mol. The molecule has 23 heavy (non-hydrogen) atoms. The van der Waals surface area contributed by atoms with E-state index in [1.807, 2.05) is 25.1 Å². The summed E-state index contributed by atoms with van der Waals surface area (Å²) in [6, 6.07) is 5.77. The molecule has 1 atom stereocenters. The number of rotatable bonds is 7. The Morgan fingerprint density at radius 3 is 3.13 bits per heavy atom. The van der Waals surface area contributed by atoms with Crippen molar-refractivity contribution in [2.75, 3.05) is 31.7 Å². The summed E-state index contributed by atoms with van der Waals surface area (Å²) in [5, 5.41) is 3.28. The van der Waals surface area contributed by atoms with E-state index in [1.54, 1.807) is 12.4 Å². The zero-order chi connectivity index (χ0) is 15.9. The van der Waals surface area contributed by atoms with Crippen LogP contribution in [0.2, 0.25) is 0 Å². The minimum atomic E-state index is 0.272. The molecule has 6 nitrogen and oxygen atoms in total. The maximum atomic E-state index is 5.64. The number of ether oxygens (including phenoxy) is 2. The van der Waals surface area contributed by atoms with Gasteiger partial charge in [0.05, 0.1) is 19.3 Å². The molecule has 1 aliphatic heterocycles. The molecule has 0 saturated carbocycles. The third-order valence-electron chi connectivity index (χ3n) is 3.65. The van der Waals surface area contributed by atoms with Gasteiger partial charge in [0.2, 0.25) is 0 Å². The van der Waals surface area contributed by atoms with Crippen LogP contribution >= 0.6 is 0 Å². The topological polar surface area (TPSA) is 69.2 Å². The van der Waals surface area contributed by atoms with Crippen molar-refractivity contribution in [1.82, 2.24) is 15.0 Å². The van der Waals surface area contributed by atoms with Gasteiger partial charge in [-0.1, -0.05) is 0 Å². The highest BCUT2D eigenvalue weighted by Crippen LogP contribution is 2.16. The number of aromatic nitrogens is 3. The van der Waals surface area contributed by atoms with Gasteiger partial charge in [-0.2, -0.15) is 0 Å². The predicted octanol–water partition coefficient (Wildman–Crippen LogP) is 2.45. The number of pyridine rings is 1. The zero-order valence-electron chi connectivity index (χ0n) is 13.4. The van der Waals surface area contributed by atoms with Crippen molar-refractivity contribution in [3.63, 3.8) is 0 Å². The van der Waals surface area contributed by atoms with Gasteiger partial charge < -0.3 is 14.8 Å². The molecule has 0 bridgehead atoms. The molecule has 0 amide bonds. The first-order valence-electron chi connectivity index (χ1n) is 8.00. The number of anilines is 1. The lowest BCUT2D eigenvalue weighted by Crippen LogP contribution is -2.18. The molecule has 0 spiro atoms. The SMILES string of the molecule is Cc1cc(NCCOCC2CCCO2)nc(-c2cccnc2)n1.